The zero-order valence-corrected chi connectivity index (χ0v) is 10.9. The number of aliphatic hydroxyl groups is 1. The van der Waals surface area contributed by atoms with Crippen molar-refractivity contribution in [1.82, 2.24) is 0 Å². The van der Waals surface area contributed by atoms with Crippen LogP contribution < -0.4 is 0 Å². The predicted molar refractivity (Wildman–Crippen MR) is 69.2 cm³/mol. The van der Waals surface area contributed by atoms with E-state index in [1.165, 1.54) is 25.5 Å². The van der Waals surface area contributed by atoms with E-state index in [4.69, 9.17) is 4.74 Å². The van der Waals surface area contributed by atoms with Gasteiger partial charge in [-0.2, -0.15) is 0 Å². The molecule has 98 valence electrons. The molecule has 0 aliphatic heterocycles. The Morgan fingerprint density at radius 2 is 2.00 bits per heavy atom. The molecule has 3 nitrogen and oxygen atoms in total. The molecule has 1 aliphatic carbocycles. The van der Waals surface area contributed by atoms with E-state index in [2.05, 4.69) is 12.1 Å². The number of esters is 1. The lowest BCUT2D eigenvalue weighted by atomic mass is 9.92. The second-order valence-corrected chi connectivity index (χ2v) is 4.92. The zero-order valence-electron chi connectivity index (χ0n) is 10.9. The Kier molecular flexibility index (Phi) is 4.02. The molecule has 1 aromatic carbocycles. The predicted octanol–water partition coefficient (Wildman–Crippen LogP) is 2.80. The molecule has 3 heteroatoms. The summed E-state index contributed by atoms with van der Waals surface area (Å²) in [6.45, 7) is 1.88. The summed E-state index contributed by atoms with van der Waals surface area (Å²) in [4.78, 5) is 11.6. The Labute approximate surface area is 108 Å². The lowest BCUT2D eigenvalue weighted by Crippen LogP contribution is -2.22. The van der Waals surface area contributed by atoms with E-state index in [0.717, 1.165) is 5.56 Å². The van der Waals surface area contributed by atoms with Crippen molar-refractivity contribution in [3.63, 3.8) is 0 Å². The summed E-state index contributed by atoms with van der Waals surface area (Å²) < 4.78 is 4.72. The fourth-order valence-electron chi connectivity index (χ4n) is 2.28. The van der Waals surface area contributed by atoms with E-state index < -0.39 is 12.0 Å². The average Bonchev–Trinajstić information content (AvgIpc) is 3.23. The van der Waals surface area contributed by atoms with Crippen molar-refractivity contribution in [2.24, 2.45) is 5.92 Å². The number of methoxy groups -OCH3 is 1. The lowest BCUT2D eigenvalue weighted by molar-refractivity contribution is -0.149. The molecule has 2 rings (SSSR count). The molecule has 2 atom stereocenters. The summed E-state index contributed by atoms with van der Waals surface area (Å²) >= 11 is 0. The molecule has 1 aromatic rings. The minimum absolute atomic E-state index is 0.351. The van der Waals surface area contributed by atoms with Crippen molar-refractivity contribution in [3.8, 4) is 0 Å². The first-order chi connectivity index (χ1) is 8.67. The maximum atomic E-state index is 11.6. The molecule has 2 unspecified atom stereocenters. The van der Waals surface area contributed by atoms with Gasteiger partial charge in [0.2, 0.25) is 0 Å². The van der Waals surface area contributed by atoms with Gasteiger partial charge in [0, 0.05) is 0 Å². The van der Waals surface area contributed by atoms with Gasteiger partial charge in [-0.1, -0.05) is 31.2 Å². The van der Waals surface area contributed by atoms with Crippen LogP contribution in [0.4, 0.5) is 0 Å². The molecule has 1 fully saturated rings. The van der Waals surface area contributed by atoms with E-state index in [0.29, 0.717) is 12.3 Å². The first kappa shape index (κ1) is 13.1. The van der Waals surface area contributed by atoms with Crippen molar-refractivity contribution in [2.75, 3.05) is 7.11 Å². The summed E-state index contributed by atoms with van der Waals surface area (Å²) in [5.74, 6) is -0.128. The van der Waals surface area contributed by atoms with Crippen molar-refractivity contribution in [3.05, 3.63) is 35.4 Å². The Bertz CT molecular complexity index is 406. The minimum atomic E-state index is -0.782. The molecule has 0 heterocycles. The number of hydrogen-bond acceptors (Lipinski definition) is 3. The van der Waals surface area contributed by atoms with E-state index in [9.17, 15) is 9.90 Å². The fraction of sp³-hybridized carbons (Fsp3) is 0.533. The van der Waals surface area contributed by atoms with Crippen LogP contribution in [0, 0.1) is 5.92 Å². The van der Waals surface area contributed by atoms with Crippen LogP contribution in [-0.2, 0) is 9.53 Å². The first-order valence-corrected chi connectivity index (χ1v) is 6.53. The number of carbonyl (C=O) groups excluding carboxylic acids is 1. The van der Waals surface area contributed by atoms with Crippen molar-refractivity contribution in [2.45, 2.75) is 38.2 Å². The van der Waals surface area contributed by atoms with E-state index >= 15 is 0 Å². The van der Waals surface area contributed by atoms with Gasteiger partial charge in [0.05, 0.1) is 19.1 Å². The molecule has 0 radical (unpaired) electrons. The molecule has 0 aromatic heterocycles. The number of hydrogen-bond donors (Lipinski definition) is 1. The van der Waals surface area contributed by atoms with Crippen LogP contribution >= 0.6 is 0 Å². The number of carbonyl (C=O) groups is 1. The van der Waals surface area contributed by atoms with Crippen LogP contribution in [-0.4, -0.2) is 18.2 Å². The van der Waals surface area contributed by atoms with E-state index in [-0.39, 0.29) is 5.97 Å². The topological polar surface area (TPSA) is 46.5 Å². The highest BCUT2D eigenvalue weighted by molar-refractivity contribution is 5.73. The Hall–Kier alpha value is -1.35. The van der Waals surface area contributed by atoms with Crippen LogP contribution in [0.2, 0.25) is 0 Å². The van der Waals surface area contributed by atoms with Gasteiger partial charge in [-0.05, 0) is 36.3 Å². The van der Waals surface area contributed by atoms with Crippen LogP contribution in [0.5, 0.6) is 0 Å². The average molecular weight is 248 g/mol. The second kappa shape index (κ2) is 5.53. The highest BCUT2D eigenvalue weighted by atomic mass is 16.5. The van der Waals surface area contributed by atoms with Crippen LogP contribution in [0.25, 0.3) is 0 Å². The second-order valence-electron chi connectivity index (χ2n) is 4.92. The smallest absolute Gasteiger partial charge is 0.311 e. The largest absolute Gasteiger partial charge is 0.469 e. The van der Waals surface area contributed by atoms with Crippen molar-refractivity contribution < 1.29 is 14.6 Å². The van der Waals surface area contributed by atoms with Gasteiger partial charge in [-0.3, -0.25) is 4.79 Å². The molecule has 1 aliphatic rings. The molecule has 0 amide bonds. The van der Waals surface area contributed by atoms with Crippen molar-refractivity contribution >= 4 is 5.97 Å². The van der Waals surface area contributed by atoms with Gasteiger partial charge in [0.15, 0.2) is 0 Å². The number of ether oxygens (including phenoxy) is 1. The maximum absolute atomic E-state index is 11.6. The van der Waals surface area contributed by atoms with Crippen molar-refractivity contribution in [1.29, 1.82) is 0 Å². The molecule has 0 saturated heterocycles. The molecular weight excluding hydrogens is 228 g/mol. The third-order valence-electron chi connectivity index (χ3n) is 3.65. The highest BCUT2D eigenvalue weighted by Crippen LogP contribution is 2.40. The number of rotatable bonds is 5. The minimum Gasteiger partial charge on any atom is -0.469 e. The van der Waals surface area contributed by atoms with E-state index in [1.54, 1.807) is 0 Å². The van der Waals surface area contributed by atoms with Gasteiger partial charge >= 0.3 is 5.97 Å². The maximum Gasteiger partial charge on any atom is 0.311 e. The summed E-state index contributed by atoms with van der Waals surface area (Å²) in [5.41, 5.74) is 2.12. The first-order valence-electron chi connectivity index (χ1n) is 6.53. The lowest BCUT2D eigenvalue weighted by Gasteiger charge is -2.19. The molecule has 0 spiro atoms. The van der Waals surface area contributed by atoms with Crippen LogP contribution in [0.1, 0.15) is 49.3 Å². The third-order valence-corrected chi connectivity index (χ3v) is 3.65. The number of aliphatic hydroxyl groups excluding tert-OH is 1. The zero-order chi connectivity index (χ0) is 13.1. The summed E-state index contributed by atoms with van der Waals surface area (Å²) in [6, 6.07) is 7.95. The summed E-state index contributed by atoms with van der Waals surface area (Å²) in [5, 5.41) is 10.2. The Morgan fingerprint density at radius 1 is 1.39 bits per heavy atom. The summed E-state index contributed by atoms with van der Waals surface area (Å²) in [6.07, 6.45) is 2.32. The van der Waals surface area contributed by atoms with Gasteiger partial charge < -0.3 is 9.84 Å². The molecular formula is C15H20O3. The standard InChI is InChI=1S/C15H20O3/c1-3-13(15(17)18-2)14(16)12-8-6-11(7-9-12)10-4-5-10/h6-10,13-14,16H,3-5H2,1-2H3. The van der Waals surface area contributed by atoms with Gasteiger partial charge in [0.1, 0.15) is 0 Å². The number of benzene rings is 1. The SMILES string of the molecule is CCC(C(=O)OC)C(O)c1ccc(C2CC2)cc1. The molecule has 1 N–H and O–H groups in total. The normalized spacial score (nSPS) is 18.2. The third kappa shape index (κ3) is 2.72. The van der Waals surface area contributed by atoms with E-state index in [1.807, 2.05) is 19.1 Å². The fourth-order valence-corrected chi connectivity index (χ4v) is 2.28. The monoisotopic (exact) mass is 248 g/mol. The Morgan fingerprint density at radius 3 is 2.44 bits per heavy atom. The highest BCUT2D eigenvalue weighted by Gasteiger charge is 2.28. The van der Waals surface area contributed by atoms with Gasteiger partial charge in [-0.25, -0.2) is 0 Å². The van der Waals surface area contributed by atoms with Crippen LogP contribution in [0.15, 0.2) is 24.3 Å². The molecule has 1 saturated carbocycles. The molecule has 0 bridgehead atoms. The quantitative estimate of drug-likeness (QED) is 0.815. The van der Waals surface area contributed by atoms with Gasteiger partial charge in [0.25, 0.3) is 0 Å². The Balaban J connectivity index is 2.10. The molecule has 18 heavy (non-hydrogen) atoms. The van der Waals surface area contributed by atoms with Crippen LogP contribution in [0.3, 0.4) is 0 Å². The summed E-state index contributed by atoms with van der Waals surface area (Å²) in [7, 11) is 1.36. The van der Waals surface area contributed by atoms with Gasteiger partial charge in [-0.15, -0.1) is 0 Å².